The summed E-state index contributed by atoms with van der Waals surface area (Å²) in [6.45, 7) is 2.33. The molecule has 2 aliphatic heterocycles. The Balaban J connectivity index is 1.55. The van der Waals surface area contributed by atoms with Crippen LogP contribution >= 0.6 is 11.5 Å². The molecule has 0 aromatic carbocycles. The van der Waals surface area contributed by atoms with Crippen molar-refractivity contribution in [2.75, 3.05) is 38.3 Å². The molecule has 0 bridgehead atoms. The molecule has 22 heavy (non-hydrogen) atoms. The third kappa shape index (κ3) is 3.22. The number of carbonyl (C=O) groups is 1. The summed E-state index contributed by atoms with van der Waals surface area (Å²) in [4.78, 5) is 20.5. The number of aromatic nitrogens is 2. The van der Waals surface area contributed by atoms with Gasteiger partial charge in [0, 0.05) is 56.7 Å². The van der Waals surface area contributed by atoms with Crippen molar-refractivity contribution in [2.24, 2.45) is 5.92 Å². The minimum absolute atomic E-state index is 0.106. The Hall–Kier alpha value is -1.28. The second-order valence-electron chi connectivity index (χ2n) is 5.91. The third-order valence-corrected chi connectivity index (χ3v) is 5.18. The van der Waals surface area contributed by atoms with Crippen LogP contribution in [0.2, 0.25) is 0 Å². The highest BCUT2D eigenvalue weighted by molar-refractivity contribution is 7.09. The molecule has 1 aromatic heterocycles. The van der Waals surface area contributed by atoms with Gasteiger partial charge in [-0.05, 0) is 12.8 Å². The molecule has 6 nitrogen and oxygen atoms in total. The van der Waals surface area contributed by atoms with E-state index in [1.165, 1.54) is 11.5 Å². The SMILES string of the molecule is COCc1nsc(N2CCC(N3CC(CF)CC3=O)CC2)n1. The van der Waals surface area contributed by atoms with Crippen molar-refractivity contribution < 1.29 is 13.9 Å². The van der Waals surface area contributed by atoms with Crippen molar-refractivity contribution in [3.05, 3.63) is 5.82 Å². The van der Waals surface area contributed by atoms with Crippen molar-refractivity contribution in [1.82, 2.24) is 14.3 Å². The maximum atomic E-state index is 12.7. The Labute approximate surface area is 133 Å². The van der Waals surface area contributed by atoms with E-state index in [0.717, 1.165) is 31.1 Å². The average molecular weight is 328 g/mol. The lowest BCUT2D eigenvalue weighted by molar-refractivity contribution is -0.130. The molecule has 0 aliphatic carbocycles. The van der Waals surface area contributed by atoms with Gasteiger partial charge in [0.05, 0.1) is 6.67 Å². The highest BCUT2D eigenvalue weighted by Crippen LogP contribution is 2.28. The Bertz CT molecular complexity index is 519. The van der Waals surface area contributed by atoms with Gasteiger partial charge in [0.15, 0.2) is 5.82 Å². The van der Waals surface area contributed by atoms with E-state index < -0.39 is 6.67 Å². The number of ether oxygens (including phenoxy) is 1. The Morgan fingerprint density at radius 3 is 2.82 bits per heavy atom. The van der Waals surface area contributed by atoms with Crippen molar-refractivity contribution >= 4 is 22.6 Å². The molecule has 1 aromatic rings. The van der Waals surface area contributed by atoms with E-state index in [0.29, 0.717) is 25.4 Å². The van der Waals surface area contributed by atoms with Crippen molar-refractivity contribution in [1.29, 1.82) is 0 Å². The summed E-state index contributed by atoms with van der Waals surface area (Å²) in [7, 11) is 1.63. The van der Waals surface area contributed by atoms with Crippen molar-refractivity contribution in [3.63, 3.8) is 0 Å². The van der Waals surface area contributed by atoms with Crippen LogP contribution in [0.25, 0.3) is 0 Å². The second-order valence-corrected chi connectivity index (χ2v) is 6.65. The number of amides is 1. The molecule has 1 unspecified atom stereocenters. The molecule has 0 spiro atoms. The van der Waals surface area contributed by atoms with E-state index in [4.69, 9.17) is 4.74 Å². The summed E-state index contributed by atoms with van der Waals surface area (Å²) in [5.41, 5.74) is 0. The topological polar surface area (TPSA) is 58.6 Å². The predicted octanol–water partition coefficient (Wildman–Crippen LogP) is 1.47. The molecule has 1 amide bonds. The summed E-state index contributed by atoms with van der Waals surface area (Å²) in [5.74, 6) is 0.717. The average Bonchev–Trinajstić information content (AvgIpc) is 3.14. The number of methoxy groups -OCH3 is 1. The molecule has 1 atom stereocenters. The lowest BCUT2D eigenvalue weighted by atomic mass is 10.0. The summed E-state index contributed by atoms with van der Waals surface area (Å²) in [6.07, 6.45) is 2.18. The smallest absolute Gasteiger partial charge is 0.223 e. The number of halogens is 1. The van der Waals surface area contributed by atoms with Crippen LogP contribution in [0.3, 0.4) is 0 Å². The van der Waals surface area contributed by atoms with Gasteiger partial charge in [0.25, 0.3) is 0 Å². The molecule has 3 heterocycles. The van der Waals surface area contributed by atoms with Gasteiger partial charge in [0.1, 0.15) is 6.61 Å². The number of rotatable bonds is 5. The normalized spacial score (nSPS) is 23.5. The van der Waals surface area contributed by atoms with Gasteiger partial charge in [-0.25, -0.2) is 4.98 Å². The van der Waals surface area contributed by atoms with Crippen LogP contribution in [0.1, 0.15) is 25.1 Å². The molecule has 0 radical (unpaired) electrons. The highest BCUT2D eigenvalue weighted by atomic mass is 32.1. The van der Waals surface area contributed by atoms with Gasteiger partial charge >= 0.3 is 0 Å². The first-order valence-corrected chi connectivity index (χ1v) is 8.40. The zero-order valence-corrected chi connectivity index (χ0v) is 13.5. The number of nitrogens with zero attached hydrogens (tertiary/aromatic N) is 4. The number of anilines is 1. The first-order valence-electron chi connectivity index (χ1n) is 7.63. The number of hydrogen-bond donors (Lipinski definition) is 0. The van der Waals surface area contributed by atoms with E-state index in [1.807, 2.05) is 4.90 Å². The van der Waals surface area contributed by atoms with Crippen LogP contribution in [0, 0.1) is 5.92 Å². The zero-order chi connectivity index (χ0) is 15.5. The van der Waals surface area contributed by atoms with Crippen LogP contribution in [-0.2, 0) is 16.1 Å². The molecular formula is C14H21FN4O2S. The molecule has 3 rings (SSSR count). The van der Waals surface area contributed by atoms with Crippen LogP contribution < -0.4 is 4.90 Å². The zero-order valence-electron chi connectivity index (χ0n) is 12.7. The lowest BCUT2D eigenvalue weighted by Crippen LogP contribution is -2.45. The molecule has 0 N–H and O–H groups in total. The van der Waals surface area contributed by atoms with Crippen LogP contribution in [0.5, 0.6) is 0 Å². The van der Waals surface area contributed by atoms with Crippen molar-refractivity contribution in [3.8, 4) is 0 Å². The van der Waals surface area contributed by atoms with Gasteiger partial charge in [0.2, 0.25) is 11.0 Å². The van der Waals surface area contributed by atoms with Gasteiger partial charge in [-0.2, -0.15) is 4.37 Å². The summed E-state index contributed by atoms with van der Waals surface area (Å²) < 4.78 is 22.1. The Kier molecular flexibility index (Phi) is 4.87. The summed E-state index contributed by atoms with van der Waals surface area (Å²) in [6, 6.07) is 0.242. The van der Waals surface area contributed by atoms with E-state index >= 15 is 0 Å². The molecule has 2 saturated heterocycles. The number of carbonyl (C=O) groups excluding carboxylic acids is 1. The maximum Gasteiger partial charge on any atom is 0.223 e. The van der Waals surface area contributed by atoms with E-state index in [2.05, 4.69) is 14.3 Å². The monoisotopic (exact) mass is 328 g/mol. The minimum Gasteiger partial charge on any atom is -0.377 e. The number of piperidine rings is 1. The lowest BCUT2D eigenvalue weighted by Gasteiger charge is -2.36. The van der Waals surface area contributed by atoms with Crippen LogP contribution in [-0.4, -0.2) is 59.6 Å². The molecular weight excluding hydrogens is 307 g/mol. The quantitative estimate of drug-likeness (QED) is 0.819. The number of alkyl halides is 1. The fourth-order valence-corrected chi connectivity index (χ4v) is 3.92. The highest BCUT2D eigenvalue weighted by Gasteiger charge is 2.36. The fraction of sp³-hybridized carbons (Fsp3) is 0.786. The van der Waals surface area contributed by atoms with Crippen molar-refractivity contribution in [2.45, 2.75) is 31.9 Å². The van der Waals surface area contributed by atoms with Gasteiger partial charge in [-0.15, -0.1) is 0 Å². The standard InChI is InChI=1S/C14H21FN4O2S/c1-21-9-12-16-14(22-17-12)18-4-2-11(3-5-18)19-8-10(7-15)6-13(19)20/h10-11H,2-9H2,1H3. The minimum atomic E-state index is -0.395. The third-order valence-electron chi connectivity index (χ3n) is 4.36. The van der Waals surface area contributed by atoms with Crippen LogP contribution in [0.4, 0.5) is 9.52 Å². The van der Waals surface area contributed by atoms with Gasteiger partial charge < -0.3 is 14.5 Å². The van der Waals surface area contributed by atoms with Gasteiger partial charge in [-0.1, -0.05) is 0 Å². The van der Waals surface area contributed by atoms with E-state index in [-0.39, 0.29) is 17.9 Å². The first kappa shape index (κ1) is 15.6. The predicted molar refractivity (Wildman–Crippen MR) is 81.7 cm³/mol. The Morgan fingerprint density at radius 1 is 1.41 bits per heavy atom. The maximum absolute atomic E-state index is 12.7. The van der Waals surface area contributed by atoms with Gasteiger partial charge in [-0.3, -0.25) is 9.18 Å². The Morgan fingerprint density at radius 2 is 2.18 bits per heavy atom. The molecule has 2 fully saturated rings. The van der Waals surface area contributed by atoms with Crippen LogP contribution in [0.15, 0.2) is 0 Å². The number of hydrogen-bond acceptors (Lipinski definition) is 6. The summed E-state index contributed by atoms with van der Waals surface area (Å²) >= 11 is 1.39. The summed E-state index contributed by atoms with van der Waals surface area (Å²) in [5, 5.41) is 0.917. The van der Waals surface area contributed by atoms with E-state index in [1.54, 1.807) is 7.11 Å². The largest absolute Gasteiger partial charge is 0.377 e. The first-order chi connectivity index (χ1) is 10.7. The molecule has 122 valence electrons. The number of likely N-dealkylation sites (tertiary alicyclic amines) is 1. The molecule has 0 saturated carbocycles. The second kappa shape index (κ2) is 6.87. The molecule has 8 heteroatoms. The van der Waals surface area contributed by atoms with E-state index in [9.17, 15) is 9.18 Å². The fourth-order valence-electron chi connectivity index (χ4n) is 3.19. The molecule has 2 aliphatic rings.